The van der Waals surface area contributed by atoms with E-state index in [1.165, 1.54) is 0 Å². The smallest absolute Gasteiger partial charge is 0.184 e. The Morgan fingerprint density at radius 1 is 1.40 bits per heavy atom. The summed E-state index contributed by atoms with van der Waals surface area (Å²) in [6.07, 6.45) is -0.0886. The number of carbonyl (C=O) groups excluding carboxylic acids is 2. The summed E-state index contributed by atoms with van der Waals surface area (Å²) in [5.74, 6) is -0.971. The Morgan fingerprint density at radius 3 is 1.90 bits per heavy atom. The van der Waals surface area contributed by atoms with E-state index in [0.717, 1.165) is 0 Å². The molecule has 0 radical (unpaired) electrons. The van der Waals surface area contributed by atoms with Crippen molar-refractivity contribution in [2.24, 2.45) is 5.92 Å². The van der Waals surface area contributed by atoms with Gasteiger partial charge in [0.25, 0.3) is 0 Å². The zero-order valence-corrected chi connectivity index (χ0v) is 6.05. The van der Waals surface area contributed by atoms with Crippen molar-refractivity contribution in [3.8, 4) is 0 Å². The molecule has 0 spiro atoms. The summed E-state index contributed by atoms with van der Waals surface area (Å²) in [6, 6.07) is 0. The minimum absolute atomic E-state index is 0.0886. The number of Topliss-reactive ketones (excluding diaryl/α,β-unsaturated/α-hetero) is 2. The van der Waals surface area contributed by atoms with Crippen LogP contribution in [0.2, 0.25) is 0 Å². The van der Waals surface area contributed by atoms with Crippen LogP contribution in [0.5, 0.6) is 0 Å². The van der Waals surface area contributed by atoms with Gasteiger partial charge in [0, 0.05) is 0 Å². The molecule has 10 heavy (non-hydrogen) atoms. The van der Waals surface area contributed by atoms with Crippen LogP contribution in [0.25, 0.3) is 0 Å². The predicted octanol–water partition coefficient (Wildman–Crippen LogP) is -0.0846. The second-order valence-electron chi connectivity index (χ2n) is 2.94. The molecule has 0 amide bonds. The number of carbonyl (C=O) groups is 2. The summed E-state index contributed by atoms with van der Waals surface area (Å²) in [5.41, 5.74) is -1.64. The molecule has 0 aromatic carbocycles. The summed E-state index contributed by atoms with van der Waals surface area (Å²) < 4.78 is 0. The van der Waals surface area contributed by atoms with Gasteiger partial charge in [0.05, 0.1) is 6.42 Å². The topological polar surface area (TPSA) is 54.4 Å². The summed E-state index contributed by atoms with van der Waals surface area (Å²) in [5, 5.41) is 9.33. The van der Waals surface area contributed by atoms with E-state index in [4.69, 9.17) is 0 Å². The molecule has 1 aliphatic rings. The van der Waals surface area contributed by atoms with Crippen LogP contribution in [0, 0.1) is 5.92 Å². The minimum atomic E-state index is -1.64. The van der Waals surface area contributed by atoms with E-state index < -0.39 is 5.60 Å². The van der Waals surface area contributed by atoms with E-state index in [-0.39, 0.29) is 23.9 Å². The van der Waals surface area contributed by atoms with Gasteiger partial charge in [-0.3, -0.25) is 9.59 Å². The van der Waals surface area contributed by atoms with Crippen molar-refractivity contribution >= 4 is 11.6 Å². The molecule has 0 saturated heterocycles. The highest BCUT2D eigenvalue weighted by atomic mass is 16.3. The lowest BCUT2D eigenvalue weighted by atomic mass is 9.70. The normalized spacial score (nSPS) is 23.2. The lowest BCUT2D eigenvalue weighted by Crippen LogP contribution is -2.60. The van der Waals surface area contributed by atoms with E-state index in [9.17, 15) is 14.7 Å². The maximum absolute atomic E-state index is 10.7. The molecule has 1 rings (SSSR count). The Hall–Kier alpha value is -0.700. The Bertz CT molecular complexity index is 179. The SMILES string of the molecule is CC(C)C1(O)C(=O)CC1=O. The van der Waals surface area contributed by atoms with Crippen molar-refractivity contribution in [1.29, 1.82) is 0 Å². The lowest BCUT2D eigenvalue weighted by molar-refractivity contribution is -0.169. The molecule has 0 bridgehead atoms. The first kappa shape index (κ1) is 7.41. The molecule has 3 nitrogen and oxygen atoms in total. The second-order valence-corrected chi connectivity index (χ2v) is 2.94. The highest BCUT2D eigenvalue weighted by Crippen LogP contribution is 2.30. The number of hydrogen-bond acceptors (Lipinski definition) is 3. The van der Waals surface area contributed by atoms with Crippen molar-refractivity contribution in [2.75, 3.05) is 0 Å². The first-order chi connectivity index (χ1) is 4.49. The fourth-order valence-electron chi connectivity index (χ4n) is 1.11. The van der Waals surface area contributed by atoms with Crippen molar-refractivity contribution in [3.63, 3.8) is 0 Å². The van der Waals surface area contributed by atoms with Gasteiger partial charge in [-0.15, -0.1) is 0 Å². The molecule has 0 aromatic heterocycles. The second kappa shape index (κ2) is 1.89. The summed E-state index contributed by atoms with van der Waals surface area (Å²) in [4.78, 5) is 21.5. The van der Waals surface area contributed by atoms with Crippen LogP contribution in [-0.2, 0) is 9.59 Å². The van der Waals surface area contributed by atoms with Crippen LogP contribution < -0.4 is 0 Å². The van der Waals surface area contributed by atoms with Gasteiger partial charge in [0.2, 0.25) is 0 Å². The van der Waals surface area contributed by atoms with Crippen LogP contribution in [0.4, 0.5) is 0 Å². The van der Waals surface area contributed by atoms with Gasteiger partial charge in [-0.1, -0.05) is 13.8 Å². The van der Waals surface area contributed by atoms with E-state index >= 15 is 0 Å². The molecule has 0 heterocycles. The summed E-state index contributed by atoms with van der Waals surface area (Å²) >= 11 is 0. The molecular formula is C7H10O3. The molecule has 3 heteroatoms. The number of aliphatic hydroxyl groups is 1. The number of rotatable bonds is 1. The fraction of sp³-hybridized carbons (Fsp3) is 0.714. The molecule has 1 aliphatic carbocycles. The van der Waals surface area contributed by atoms with Crippen LogP contribution in [0.1, 0.15) is 20.3 Å². The third-order valence-corrected chi connectivity index (χ3v) is 2.01. The number of ketones is 2. The van der Waals surface area contributed by atoms with Gasteiger partial charge in [0.1, 0.15) is 0 Å². The first-order valence-corrected chi connectivity index (χ1v) is 3.28. The van der Waals surface area contributed by atoms with Gasteiger partial charge >= 0.3 is 0 Å². The number of hydrogen-bond donors (Lipinski definition) is 1. The summed E-state index contributed by atoms with van der Waals surface area (Å²) in [6.45, 7) is 3.32. The standard InChI is InChI=1S/C7H10O3/c1-4(2)7(10)5(8)3-6(7)9/h4,10H,3H2,1-2H3. The van der Waals surface area contributed by atoms with Crippen molar-refractivity contribution in [3.05, 3.63) is 0 Å². The van der Waals surface area contributed by atoms with Gasteiger partial charge in [-0.2, -0.15) is 0 Å². The zero-order chi connectivity index (χ0) is 7.94. The van der Waals surface area contributed by atoms with E-state index in [1.807, 2.05) is 0 Å². The summed E-state index contributed by atoms with van der Waals surface area (Å²) in [7, 11) is 0. The molecule has 0 aliphatic heterocycles. The van der Waals surface area contributed by atoms with Crippen LogP contribution in [-0.4, -0.2) is 22.3 Å². The molecule has 1 fully saturated rings. The van der Waals surface area contributed by atoms with E-state index in [2.05, 4.69) is 0 Å². The van der Waals surface area contributed by atoms with Crippen LogP contribution in [0.15, 0.2) is 0 Å². The third-order valence-electron chi connectivity index (χ3n) is 2.01. The highest BCUT2D eigenvalue weighted by molar-refractivity contribution is 6.27. The fourth-order valence-corrected chi connectivity index (χ4v) is 1.11. The van der Waals surface area contributed by atoms with Crippen molar-refractivity contribution in [2.45, 2.75) is 25.9 Å². The highest BCUT2D eigenvalue weighted by Gasteiger charge is 2.55. The third kappa shape index (κ3) is 0.639. The molecular weight excluding hydrogens is 132 g/mol. The maximum atomic E-state index is 10.7. The maximum Gasteiger partial charge on any atom is 0.184 e. The molecule has 1 saturated carbocycles. The molecule has 1 N–H and O–H groups in total. The Morgan fingerprint density at radius 2 is 1.80 bits per heavy atom. The largest absolute Gasteiger partial charge is 0.374 e. The average molecular weight is 142 g/mol. The molecule has 56 valence electrons. The minimum Gasteiger partial charge on any atom is -0.374 e. The molecule has 0 unspecified atom stereocenters. The monoisotopic (exact) mass is 142 g/mol. The van der Waals surface area contributed by atoms with Gasteiger partial charge < -0.3 is 5.11 Å². The van der Waals surface area contributed by atoms with Crippen molar-refractivity contribution < 1.29 is 14.7 Å². The van der Waals surface area contributed by atoms with Crippen molar-refractivity contribution in [1.82, 2.24) is 0 Å². The van der Waals surface area contributed by atoms with Gasteiger partial charge in [-0.25, -0.2) is 0 Å². The van der Waals surface area contributed by atoms with E-state index in [1.54, 1.807) is 13.8 Å². The molecule has 0 atom stereocenters. The van der Waals surface area contributed by atoms with E-state index in [0.29, 0.717) is 0 Å². The van der Waals surface area contributed by atoms with Crippen LogP contribution in [0.3, 0.4) is 0 Å². The Balaban J connectivity index is 2.86. The van der Waals surface area contributed by atoms with Gasteiger partial charge in [-0.05, 0) is 5.92 Å². The van der Waals surface area contributed by atoms with Crippen LogP contribution >= 0.6 is 0 Å². The zero-order valence-electron chi connectivity index (χ0n) is 6.05. The van der Waals surface area contributed by atoms with Gasteiger partial charge in [0.15, 0.2) is 17.2 Å². The quantitative estimate of drug-likeness (QED) is 0.521. The lowest BCUT2D eigenvalue weighted by Gasteiger charge is -2.35. The Labute approximate surface area is 59.0 Å². The average Bonchev–Trinajstić information content (AvgIpc) is 1.86. The molecule has 0 aromatic rings. The first-order valence-electron chi connectivity index (χ1n) is 3.28. The Kier molecular flexibility index (Phi) is 1.40. The predicted molar refractivity (Wildman–Crippen MR) is 34.4 cm³/mol.